The van der Waals surface area contributed by atoms with E-state index < -0.39 is 15.9 Å². The topological polar surface area (TPSA) is 175 Å². The molecule has 0 spiro atoms. The number of nitrogen functional groups attached to an aromatic ring is 1. The minimum atomic E-state index is -3.29. The second-order valence-electron chi connectivity index (χ2n) is 10.9. The Morgan fingerprint density at radius 2 is 1.21 bits per heavy atom. The van der Waals surface area contributed by atoms with Gasteiger partial charge in [-0.25, -0.2) is 13.2 Å². The lowest BCUT2D eigenvalue weighted by Crippen LogP contribution is -2.21. The van der Waals surface area contributed by atoms with Crippen LogP contribution in [-0.2, 0) is 9.84 Å². The largest absolute Gasteiger partial charge is 0.457 e. The van der Waals surface area contributed by atoms with Gasteiger partial charge in [0.1, 0.15) is 17.3 Å². The molecule has 0 radical (unpaired) electrons. The van der Waals surface area contributed by atoms with Gasteiger partial charge in [-0.05, 0) is 110 Å². The number of para-hydroxylation sites is 2. The number of carbonyl (C=O) groups is 2. The minimum Gasteiger partial charge on any atom is -0.457 e. The highest BCUT2D eigenvalue weighted by Gasteiger charge is 2.13. The smallest absolute Gasteiger partial charge is 0.323 e. The molecule has 0 fully saturated rings. The van der Waals surface area contributed by atoms with Crippen molar-refractivity contribution in [1.82, 2.24) is 0 Å². The molecule has 0 aliphatic rings. The second-order valence-corrected chi connectivity index (χ2v) is 12.9. The number of rotatable bonds is 11. The molecule has 11 nitrogen and oxygen atoms in total. The lowest BCUT2D eigenvalue weighted by Gasteiger charge is -2.19. The van der Waals surface area contributed by atoms with Crippen molar-refractivity contribution in [3.8, 4) is 11.5 Å². The van der Waals surface area contributed by atoms with Crippen molar-refractivity contribution < 1.29 is 22.7 Å². The zero-order valence-corrected chi connectivity index (χ0v) is 27.0. The van der Waals surface area contributed by atoms with Crippen LogP contribution in [0.1, 0.15) is 34.5 Å². The standard InChI is InChI=1S/C36H34N6O5S/c1-23(39-32-5-3-4-6-33(32)42-36(44)41-28-13-11-25(12-14-28)34(37)38)24-7-9-26(10-8-24)35(43)40-27-15-17-29(18-16-27)47-30-19-21-31(22-20-30)48(2,45)46/h3-23,39H,1-2H3,(H3,37,38)(H,40,43)(H2,41,42,44). The second kappa shape index (κ2) is 14.5. The summed E-state index contributed by atoms with van der Waals surface area (Å²) in [6.45, 7) is 1.98. The first kappa shape index (κ1) is 33.2. The van der Waals surface area contributed by atoms with E-state index in [0.29, 0.717) is 45.4 Å². The highest BCUT2D eigenvalue weighted by molar-refractivity contribution is 7.90. The average molecular weight is 663 g/mol. The Hall–Kier alpha value is -6.14. The summed E-state index contributed by atoms with van der Waals surface area (Å²) in [5.41, 5.74) is 9.91. The van der Waals surface area contributed by atoms with E-state index in [1.807, 2.05) is 37.3 Å². The Bertz CT molecular complexity index is 2030. The summed E-state index contributed by atoms with van der Waals surface area (Å²) in [6.07, 6.45) is 1.15. The number of anilines is 4. The van der Waals surface area contributed by atoms with Crippen LogP contribution in [0.15, 0.2) is 126 Å². The van der Waals surface area contributed by atoms with Crippen molar-refractivity contribution in [2.24, 2.45) is 5.73 Å². The number of urea groups is 1. The van der Waals surface area contributed by atoms with Crippen LogP contribution in [0, 0.1) is 5.41 Å². The lowest BCUT2D eigenvalue weighted by atomic mass is 10.0. The molecule has 0 heterocycles. The van der Waals surface area contributed by atoms with Crippen LogP contribution in [0.2, 0.25) is 0 Å². The molecule has 5 aromatic carbocycles. The number of amides is 3. The van der Waals surface area contributed by atoms with Crippen molar-refractivity contribution in [2.75, 3.05) is 27.5 Å². The number of sulfone groups is 1. The predicted octanol–water partition coefficient (Wildman–Crippen LogP) is 7.24. The number of carbonyl (C=O) groups excluding carboxylic acids is 2. The number of amidine groups is 1. The van der Waals surface area contributed by atoms with E-state index in [-0.39, 0.29) is 22.7 Å². The Morgan fingerprint density at radius 1 is 0.688 bits per heavy atom. The third-order valence-corrected chi connectivity index (χ3v) is 8.40. The molecule has 12 heteroatoms. The molecule has 0 aliphatic carbocycles. The SMILES string of the molecule is CC(Nc1ccccc1NC(=O)Nc1ccc(C(=N)N)cc1)c1ccc(C(=O)Nc2ccc(Oc3ccc(S(C)(=O)=O)cc3)cc2)cc1. The number of nitrogens with two attached hydrogens (primary N) is 1. The molecule has 0 aliphatic heterocycles. The van der Waals surface area contributed by atoms with Gasteiger partial charge in [-0.2, -0.15) is 0 Å². The molecular formula is C36H34N6O5S. The van der Waals surface area contributed by atoms with Gasteiger partial charge in [0.2, 0.25) is 0 Å². The highest BCUT2D eigenvalue weighted by atomic mass is 32.2. The van der Waals surface area contributed by atoms with Gasteiger partial charge in [-0.15, -0.1) is 0 Å². The summed E-state index contributed by atoms with van der Waals surface area (Å²) in [4.78, 5) is 25.8. The monoisotopic (exact) mass is 662 g/mol. The summed E-state index contributed by atoms with van der Waals surface area (Å²) < 4.78 is 29.1. The Morgan fingerprint density at radius 3 is 1.79 bits per heavy atom. The summed E-state index contributed by atoms with van der Waals surface area (Å²) in [6, 6.07) is 33.6. The van der Waals surface area contributed by atoms with E-state index in [1.165, 1.54) is 12.1 Å². The van der Waals surface area contributed by atoms with Gasteiger partial charge in [0.15, 0.2) is 9.84 Å². The van der Waals surface area contributed by atoms with Gasteiger partial charge < -0.3 is 31.7 Å². The van der Waals surface area contributed by atoms with Gasteiger partial charge in [0.25, 0.3) is 5.91 Å². The number of nitrogens with one attached hydrogen (secondary N) is 5. The summed E-state index contributed by atoms with van der Waals surface area (Å²) in [7, 11) is -3.29. The molecule has 0 saturated heterocycles. The molecule has 0 aromatic heterocycles. The quantitative estimate of drug-likeness (QED) is 0.0638. The van der Waals surface area contributed by atoms with Crippen LogP contribution in [0.3, 0.4) is 0 Å². The van der Waals surface area contributed by atoms with Crippen molar-refractivity contribution in [3.63, 3.8) is 0 Å². The van der Waals surface area contributed by atoms with Crippen LogP contribution in [0.25, 0.3) is 0 Å². The van der Waals surface area contributed by atoms with E-state index in [2.05, 4.69) is 21.3 Å². The van der Waals surface area contributed by atoms with E-state index in [9.17, 15) is 18.0 Å². The lowest BCUT2D eigenvalue weighted by molar-refractivity contribution is 0.102. The van der Waals surface area contributed by atoms with Crippen LogP contribution in [0.5, 0.6) is 11.5 Å². The molecule has 7 N–H and O–H groups in total. The van der Waals surface area contributed by atoms with Crippen molar-refractivity contribution >= 4 is 50.4 Å². The fraction of sp³-hybridized carbons (Fsp3) is 0.0833. The Labute approximate surface area is 278 Å². The fourth-order valence-corrected chi connectivity index (χ4v) is 5.31. The molecule has 3 amide bonds. The molecule has 5 rings (SSSR count). The maximum atomic E-state index is 12.9. The zero-order chi connectivity index (χ0) is 34.3. The van der Waals surface area contributed by atoms with E-state index in [4.69, 9.17) is 15.9 Å². The Balaban J connectivity index is 1.15. The fourth-order valence-electron chi connectivity index (χ4n) is 4.68. The third kappa shape index (κ3) is 8.77. The number of hydrogen-bond donors (Lipinski definition) is 6. The first-order valence-corrected chi connectivity index (χ1v) is 16.7. The summed E-state index contributed by atoms with van der Waals surface area (Å²) in [5, 5.41) is 19.4. The third-order valence-electron chi connectivity index (χ3n) is 7.27. The predicted molar refractivity (Wildman–Crippen MR) is 189 cm³/mol. The van der Waals surface area contributed by atoms with E-state index in [1.54, 1.807) is 78.9 Å². The van der Waals surface area contributed by atoms with Gasteiger partial charge in [-0.1, -0.05) is 24.3 Å². The highest BCUT2D eigenvalue weighted by Crippen LogP contribution is 2.28. The van der Waals surface area contributed by atoms with Gasteiger partial charge in [0.05, 0.1) is 16.3 Å². The molecule has 48 heavy (non-hydrogen) atoms. The number of hydrogen-bond acceptors (Lipinski definition) is 7. The van der Waals surface area contributed by atoms with Gasteiger partial charge >= 0.3 is 6.03 Å². The van der Waals surface area contributed by atoms with Crippen LogP contribution in [-0.4, -0.2) is 32.4 Å². The Kier molecular flexibility index (Phi) is 10.1. The van der Waals surface area contributed by atoms with Crippen LogP contribution in [0.4, 0.5) is 27.5 Å². The van der Waals surface area contributed by atoms with Crippen molar-refractivity contribution in [3.05, 3.63) is 138 Å². The summed E-state index contributed by atoms with van der Waals surface area (Å²) >= 11 is 0. The first-order valence-electron chi connectivity index (χ1n) is 14.8. The van der Waals surface area contributed by atoms with Gasteiger partial charge in [0, 0.05) is 34.8 Å². The van der Waals surface area contributed by atoms with E-state index in [0.717, 1.165) is 11.8 Å². The van der Waals surface area contributed by atoms with E-state index >= 15 is 0 Å². The first-order chi connectivity index (χ1) is 22.9. The zero-order valence-electron chi connectivity index (χ0n) is 26.2. The molecule has 0 bridgehead atoms. The molecule has 244 valence electrons. The molecule has 1 atom stereocenters. The van der Waals surface area contributed by atoms with Crippen LogP contribution < -0.4 is 31.7 Å². The summed E-state index contributed by atoms with van der Waals surface area (Å²) in [5.74, 6) is 0.696. The minimum absolute atomic E-state index is 0.0492. The maximum Gasteiger partial charge on any atom is 0.323 e. The molecular weight excluding hydrogens is 629 g/mol. The van der Waals surface area contributed by atoms with Crippen molar-refractivity contribution in [1.29, 1.82) is 5.41 Å². The number of ether oxygens (including phenoxy) is 1. The number of benzene rings is 5. The van der Waals surface area contributed by atoms with Crippen molar-refractivity contribution in [2.45, 2.75) is 17.9 Å². The normalized spacial score (nSPS) is 11.5. The molecule has 0 saturated carbocycles. The van der Waals surface area contributed by atoms with Gasteiger partial charge in [-0.3, -0.25) is 10.2 Å². The van der Waals surface area contributed by atoms with Crippen LogP contribution >= 0.6 is 0 Å². The molecule has 1 unspecified atom stereocenters. The average Bonchev–Trinajstić information content (AvgIpc) is 3.06. The molecule has 5 aromatic rings. The maximum absolute atomic E-state index is 12.9.